The van der Waals surface area contributed by atoms with Gasteiger partial charge in [0.1, 0.15) is 0 Å². The molecule has 0 amide bonds. The van der Waals surface area contributed by atoms with E-state index in [1.807, 2.05) is 12.1 Å². The van der Waals surface area contributed by atoms with E-state index >= 15 is 0 Å². The van der Waals surface area contributed by atoms with E-state index < -0.39 is 26.4 Å². The molecule has 0 radical (unpaired) electrons. The third kappa shape index (κ3) is 2.58. The Morgan fingerprint density at radius 1 is 1.25 bits per heavy atom. The molecule has 0 fully saturated rings. The number of anilines is 1. The molecule has 1 aliphatic heterocycles. The number of phenolic OH excluding ortho intramolecular Hbond substituents is 1. The highest BCUT2D eigenvalue weighted by Crippen LogP contribution is 2.36. The zero-order valence-electron chi connectivity index (χ0n) is 13.0. The van der Waals surface area contributed by atoms with Crippen LogP contribution in [0.2, 0.25) is 0 Å². The second-order valence-electron chi connectivity index (χ2n) is 5.67. The zero-order chi connectivity index (χ0) is 17.5. The molecule has 126 valence electrons. The summed E-state index contributed by atoms with van der Waals surface area (Å²) in [5, 5.41) is 20.7. The van der Waals surface area contributed by atoms with Crippen LogP contribution in [0.25, 0.3) is 0 Å². The highest BCUT2D eigenvalue weighted by atomic mass is 32.2. The van der Waals surface area contributed by atoms with Crippen LogP contribution in [0.1, 0.15) is 17.5 Å². The molecule has 0 saturated carbocycles. The van der Waals surface area contributed by atoms with Crippen molar-refractivity contribution < 1.29 is 18.4 Å². The molecular weight excluding hydrogens is 332 g/mol. The van der Waals surface area contributed by atoms with Crippen LogP contribution in [0.5, 0.6) is 5.75 Å². The highest BCUT2D eigenvalue weighted by Gasteiger charge is 2.32. The Bertz CT molecular complexity index is 924. The van der Waals surface area contributed by atoms with Crippen molar-refractivity contribution in [2.75, 3.05) is 10.8 Å². The van der Waals surface area contributed by atoms with Gasteiger partial charge in [-0.3, -0.25) is 14.4 Å². The molecule has 1 N–H and O–H groups in total. The average Bonchev–Trinajstić information content (AvgIpc) is 2.53. The average molecular weight is 348 g/mol. The summed E-state index contributed by atoms with van der Waals surface area (Å²) in [6, 6.07) is 9.27. The number of rotatable bonds is 3. The second-order valence-corrected chi connectivity index (χ2v) is 7.50. The number of fused-ring (bicyclic) bond motifs is 1. The topological polar surface area (TPSA) is 101 Å². The number of nitrogens with zero attached hydrogens (tertiary/aromatic N) is 2. The van der Waals surface area contributed by atoms with Crippen LogP contribution < -0.4 is 4.31 Å². The fourth-order valence-corrected chi connectivity index (χ4v) is 4.72. The summed E-state index contributed by atoms with van der Waals surface area (Å²) in [5.74, 6) is -0.546. The number of nitro groups is 1. The molecule has 0 unspecified atom stereocenters. The maximum atomic E-state index is 13.1. The number of sulfonamides is 1. The Hall–Kier alpha value is -2.61. The SMILES string of the molecule is Cc1cc(O)c([N+](=O)[O-])cc1S(=O)(=O)N1CCCc2ccccc21. The maximum Gasteiger partial charge on any atom is 0.312 e. The summed E-state index contributed by atoms with van der Waals surface area (Å²) < 4.78 is 27.4. The van der Waals surface area contributed by atoms with Crippen molar-refractivity contribution in [1.29, 1.82) is 0 Å². The minimum absolute atomic E-state index is 0.163. The monoisotopic (exact) mass is 348 g/mol. The van der Waals surface area contributed by atoms with E-state index in [4.69, 9.17) is 0 Å². The molecular formula is C16H16N2O5S. The van der Waals surface area contributed by atoms with Gasteiger partial charge in [0.25, 0.3) is 10.0 Å². The fourth-order valence-electron chi connectivity index (χ4n) is 2.95. The van der Waals surface area contributed by atoms with E-state index in [0.717, 1.165) is 24.1 Å². The van der Waals surface area contributed by atoms with Crippen LogP contribution >= 0.6 is 0 Å². The quantitative estimate of drug-likeness (QED) is 0.679. The van der Waals surface area contributed by atoms with Crippen LogP contribution in [0.4, 0.5) is 11.4 Å². The fraction of sp³-hybridized carbons (Fsp3) is 0.250. The predicted octanol–water partition coefficient (Wildman–Crippen LogP) is 2.75. The van der Waals surface area contributed by atoms with Crippen LogP contribution in [0, 0.1) is 17.0 Å². The van der Waals surface area contributed by atoms with Crippen molar-refractivity contribution in [3.63, 3.8) is 0 Å². The first kappa shape index (κ1) is 16.3. The summed E-state index contributed by atoms with van der Waals surface area (Å²) in [7, 11) is -3.96. The van der Waals surface area contributed by atoms with E-state index in [1.165, 1.54) is 11.2 Å². The van der Waals surface area contributed by atoms with Gasteiger partial charge in [-0.15, -0.1) is 0 Å². The van der Waals surface area contributed by atoms with Crippen molar-refractivity contribution in [2.24, 2.45) is 0 Å². The molecule has 1 aliphatic rings. The van der Waals surface area contributed by atoms with Crippen molar-refractivity contribution in [3.05, 3.63) is 57.6 Å². The second kappa shape index (κ2) is 5.79. The van der Waals surface area contributed by atoms with Gasteiger partial charge in [-0.05, 0) is 43.0 Å². The number of phenols is 1. The van der Waals surface area contributed by atoms with Gasteiger partial charge in [0.2, 0.25) is 0 Å². The van der Waals surface area contributed by atoms with Crippen molar-refractivity contribution in [2.45, 2.75) is 24.7 Å². The molecule has 0 spiro atoms. The third-order valence-electron chi connectivity index (χ3n) is 4.10. The number of aromatic hydroxyl groups is 1. The molecule has 7 nitrogen and oxygen atoms in total. The van der Waals surface area contributed by atoms with Crippen LogP contribution in [0.15, 0.2) is 41.3 Å². The van der Waals surface area contributed by atoms with Crippen molar-refractivity contribution in [3.8, 4) is 5.75 Å². The zero-order valence-corrected chi connectivity index (χ0v) is 13.8. The predicted molar refractivity (Wildman–Crippen MR) is 88.8 cm³/mol. The minimum Gasteiger partial charge on any atom is -0.502 e. The Morgan fingerprint density at radius 3 is 2.67 bits per heavy atom. The van der Waals surface area contributed by atoms with E-state index in [-0.39, 0.29) is 10.5 Å². The van der Waals surface area contributed by atoms with Crippen molar-refractivity contribution >= 4 is 21.4 Å². The molecule has 0 aliphatic carbocycles. The Labute approximate surface area is 139 Å². The first-order valence-electron chi connectivity index (χ1n) is 7.41. The van der Waals surface area contributed by atoms with E-state index in [2.05, 4.69) is 0 Å². The summed E-state index contributed by atoms with van der Waals surface area (Å²) in [5.41, 5.74) is 1.17. The molecule has 0 aromatic heterocycles. The summed E-state index contributed by atoms with van der Waals surface area (Å²) in [6.45, 7) is 1.82. The van der Waals surface area contributed by atoms with Gasteiger partial charge in [0.15, 0.2) is 5.75 Å². The van der Waals surface area contributed by atoms with Gasteiger partial charge >= 0.3 is 5.69 Å². The third-order valence-corrected chi connectivity index (χ3v) is 6.06. The van der Waals surface area contributed by atoms with E-state index in [1.54, 1.807) is 12.1 Å². The number of benzene rings is 2. The number of nitro benzene ring substituents is 1. The molecule has 0 bridgehead atoms. The first-order chi connectivity index (χ1) is 11.3. The molecule has 2 aromatic carbocycles. The minimum atomic E-state index is -3.96. The number of hydrogen-bond acceptors (Lipinski definition) is 5. The highest BCUT2D eigenvalue weighted by molar-refractivity contribution is 7.92. The van der Waals surface area contributed by atoms with Gasteiger partial charge in [0.05, 0.1) is 15.5 Å². The van der Waals surface area contributed by atoms with Gasteiger partial charge in [-0.1, -0.05) is 18.2 Å². The Kier molecular flexibility index (Phi) is 3.92. The van der Waals surface area contributed by atoms with Crippen LogP contribution in [0.3, 0.4) is 0 Å². The number of hydrogen-bond donors (Lipinski definition) is 1. The first-order valence-corrected chi connectivity index (χ1v) is 8.85. The molecule has 1 heterocycles. The molecule has 24 heavy (non-hydrogen) atoms. The molecule has 2 aromatic rings. The number of para-hydroxylation sites is 1. The standard InChI is InChI=1S/C16H16N2O5S/c1-11-9-15(19)14(18(20)21)10-16(11)24(22,23)17-8-4-6-12-5-2-3-7-13(12)17/h2-3,5,7,9-10,19H,4,6,8H2,1H3. The lowest BCUT2D eigenvalue weighted by atomic mass is 10.0. The van der Waals surface area contributed by atoms with Crippen molar-refractivity contribution in [1.82, 2.24) is 0 Å². The lowest BCUT2D eigenvalue weighted by Gasteiger charge is -2.30. The summed E-state index contributed by atoms with van der Waals surface area (Å²) in [4.78, 5) is 10.1. The van der Waals surface area contributed by atoms with Gasteiger partial charge in [0, 0.05) is 12.6 Å². The van der Waals surface area contributed by atoms with Crippen LogP contribution in [-0.4, -0.2) is 25.0 Å². The van der Waals surface area contributed by atoms with Gasteiger partial charge < -0.3 is 5.11 Å². The largest absolute Gasteiger partial charge is 0.502 e. The van der Waals surface area contributed by atoms with Gasteiger partial charge in [-0.25, -0.2) is 8.42 Å². The molecule has 0 saturated heterocycles. The van der Waals surface area contributed by atoms with Crippen LogP contribution in [-0.2, 0) is 16.4 Å². The summed E-state index contributed by atoms with van der Waals surface area (Å²) >= 11 is 0. The summed E-state index contributed by atoms with van der Waals surface area (Å²) in [6.07, 6.45) is 1.46. The van der Waals surface area contributed by atoms with E-state index in [0.29, 0.717) is 18.7 Å². The van der Waals surface area contributed by atoms with E-state index in [9.17, 15) is 23.6 Å². The molecule has 8 heteroatoms. The number of aryl methyl sites for hydroxylation is 2. The lowest BCUT2D eigenvalue weighted by Crippen LogP contribution is -2.35. The lowest BCUT2D eigenvalue weighted by molar-refractivity contribution is -0.386. The molecule has 3 rings (SSSR count). The maximum absolute atomic E-state index is 13.1. The normalized spacial score (nSPS) is 14.3. The Balaban J connectivity index is 2.16. The molecule has 0 atom stereocenters. The van der Waals surface area contributed by atoms with Gasteiger partial charge in [-0.2, -0.15) is 0 Å². The smallest absolute Gasteiger partial charge is 0.312 e. The Morgan fingerprint density at radius 2 is 1.96 bits per heavy atom.